The highest BCUT2D eigenvalue weighted by Gasteiger charge is 2.22. The van der Waals surface area contributed by atoms with E-state index in [0.717, 1.165) is 0 Å². The van der Waals surface area contributed by atoms with E-state index in [1.807, 2.05) is 4.90 Å². The monoisotopic (exact) mass is 245 g/mol. The molecule has 0 saturated carbocycles. The lowest BCUT2D eigenvalue weighted by Gasteiger charge is -2.34. The summed E-state index contributed by atoms with van der Waals surface area (Å²) in [5.74, 6) is -0.326. The first kappa shape index (κ1) is 13.9. The molecule has 7 heteroatoms. The number of aliphatic hydroxyl groups is 1. The van der Waals surface area contributed by atoms with Crippen LogP contribution in [-0.4, -0.2) is 67.9 Å². The zero-order valence-electron chi connectivity index (χ0n) is 9.94. The molecule has 1 heterocycles. The summed E-state index contributed by atoms with van der Waals surface area (Å²) in [6.45, 7) is 2.30. The molecule has 0 aromatic heterocycles. The summed E-state index contributed by atoms with van der Waals surface area (Å²) in [4.78, 5) is 24.2. The molecule has 1 saturated heterocycles. The Morgan fingerprint density at radius 2 is 2.29 bits per heavy atom. The van der Waals surface area contributed by atoms with E-state index in [9.17, 15) is 9.59 Å². The Hall–Kier alpha value is -1.18. The van der Waals surface area contributed by atoms with Gasteiger partial charge in [0.2, 0.25) is 5.91 Å². The van der Waals surface area contributed by atoms with Crippen LogP contribution < -0.4 is 10.6 Å². The SMILES string of the molecule is CNC(=O)NC(=O)CCN1CCOCC1CO. The second-order valence-corrected chi connectivity index (χ2v) is 3.82. The fourth-order valence-corrected chi connectivity index (χ4v) is 1.65. The second kappa shape index (κ2) is 7.21. The van der Waals surface area contributed by atoms with Crippen LogP contribution in [0, 0.1) is 0 Å². The fourth-order valence-electron chi connectivity index (χ4n) is 1.65. The summed E-state index contributed by atoms with van der Waals surface area (Å²) in [5.41, 5.74) is 0. The summed E-state index contributed by atoms with van der Waals surface area (Å²) in [5, 5.41) is 13.6. The summed E-state index contributed by atoms with van der Waals surface area (Å²) in [7, 11) is 1.45. The smallest absolute Gasteiger partial charge is 0.321 e. The maximum Gasteiger partial charge on any atom is 0.321 e. The van der Waals surface area contributed by atoms with Gasteiger partial charge in [-0.3, -0.25) is 15.0 Å². The van der Waals surface area contributed by atoms with Crippen LogP contribution in [0.3, 0.4) is 0 Å². The van der Waals surface area contributed by atoms with Gasteiger partial charge in [0.15, 0.2) is 0 Å². The Bertz CT molecular complexity index is 272. The maximum absolute atomic E-state index is 11.4. The third-order valence-electron chi connectivity index (χ3n) is 2.67. The summed E-state index contributed by atoms with van der Waals surface area (Å²) < 4.78 is 5.23. The van der Waals surface area contributed by atoms with E-state index in [1.54, 1.807) is 0 Å². The minimum absolute atomic E-state index is 0.0110. The molecule has 1 aliphatic heterocycles. The van der Waals surface area contributed by atoms with Crippen molar-refractivity contribution in [1.29, 1.82) is 0 Å². The van der Waals surface area contributed by atoms with Crippen LogP contribution in [0.4, 0.5) is 4.79 Å². The van der Waals surface area contributed by atoms with E-state index in [-0.39, 0.29) is 25.0 Å². The standard InChI is InChI=1S/C10H19N3O4/c1-11-10(16)12-9(15)2-3-13-4-5-17-7-8(13)6-14/h8,14H,2-7H2,1H3,(H2,11,12,15,16). The minimum Gasteiger partial charge on any atom is -0.395 e. The molecule has 1 unspecified atom stereocenters. The van der Waals surface area contributed by atoms with E-state index in [2.05, 4.69) is 10.6 Å². The first-order chi connectivity index (χ1) is 8.17. The first-order valence-corrected chi connectivity index (χ1v) is 5.61. The minimum atomic E-state index is -0.504. The van der Waals surface area contributed by atoms with Gasteiger partial charge in [0.25, 0.3) is 0 Å². The molecule has 98 valence electrons. The van der Waals surface area contributed by atoms with E-state index in [4.69, 9.17) is 9.84 Å². The third kappa shape index (κ3) is 4.68. The van der Waals surface area contributed by atoms with Crippen LogP contribution in [0.15, 0.2) is 0 Å². The molecule has 1 aliphatic rings. The van der Waals surface area contributed by atoms with Gasteiger partial charge in [-0.2, -0.15) is 0 Å². The van der Waals surface area contributed by atoms with E-state index in [1.165, 1.54) is 7.05 Å². The molecule has 0 radical (unpaired) electrons. The number of carbonyl (C=O) groups is 2. The second-order valence-electron chi connectivity index (χ2n) is 3.82. The zero-order chi connectivity index (χ0) is 12.7. The lowest BCUT2D eigenvalue weighted by molar-refractivity contribution is -0.121. The van der Waals surface area contributed by atoms with Gasteiger partial charge in [-0.15, -0.1) is 0 Å². The van der Waals surface area contributed by atoms with Gasteiger partial charge in [-0.25, -0.2) is 4.79 Å². The maximum atomic E-state index is 11.4. The quantitative estimate of drug-likeness (QED) is 0.562. The number of ether oxygens (including phenoxy) is 1. The molecular weight excluding hydrogens is 226 g/mol. The summed E-state index contributed by atoms with van der Waals surface area (Å²) >= 11 is 0. The third-order valence-corrected chi connectivity index (χ3v) is 2.67. The molecule has 1 atom stereocenters. The molecule has 1 fully saturated rings. The van der Waals surface area contributed by atoms with Crippen molar-refractivity contribution < 1.29 is 19.4 Å². The van der Waals surface area contributed by atoms with Gasteiger partial charge in [-0.1, -0.05) is 0 Å². The molecule has 3 N–H and O–H groups in total. The number of carbonyl (C=O) groups excluding carboxylic acids is 2. The van der Waals surface area contributed by atoms with Crippen molar-refractivity contribution in [3.63, 3.8) is 0 Å². The van der Waals surface area contributed by atoms with E-state index >= 15 is 0 Å². The van der Waals surface area contributed by atoms with Crippen molar-refractivity contribution in [2.45, 2.75) is 12.5 Å². The van der Waals surface area contributed by atoms with Crippen LogP contribution >= 0.6 is 0 Å². The highest BCUT2D eigenvalue weighted by molar-refractivity contribution is 5.94. The van der Waals surface area contributed by atoms with Gasteiger partial charge in [0.05, 0.1) is 25.9 Å². The van der Waals surface area contributed by atoms with Crippen molar-refractivity contribution in [3.05, 3.63) is 0 Å². The number of rotatable bonds is 4. The van der Waals surface area contributed by atoms with Gasteiger partial charge >= 0.3 is 6.03 Å². The molecule has 7 nitrogen and oxygen atoms in total. The van der Waals surface area contributed by atoms with E-state index in [0.29, 0.717) is 26.3 Å². The Morgan fingerprint density at radius 3 is 2.94 bits per heavy atom. The number of morpholine rings is 1. The van der Waals surface area contributed by atoms with E-state index < -0.39 is 6.03 Å². The van der Waals surface area contributed by atoms with Crippen molar-refractivity contribution in [1.82, 2.24) is 15.5 Å². The van der Waals surface area contributed by atoms with Crippen LogP contribution in [-0.2, 0) is 9.53 Å². The Labute approximate surface area is 100 Å². The summed E-state index contributed by atoms with van der Waals surface area (Å²) in [6.07, 6.45) is 0.226. The average Bonchev–Trinajstić information content (AvgIpc) is 2.36. The number of amides is 3. The Kier molecular flexibility index (Phi) is 5.88. The normalized spacial score (nSPS) is 20.9. The number of urea groups is 1. The molecule has 17 heavy (non-hydrogen) atoms. The molecule has 1 rings (SSSR count). The topological polar surface area (TPSA) is 90.9 Å². The largest absolute Gasteiger partial charge is 0.395 e. The number of nitrogens with zero attached hydrogens (tertiary/aromatic N) is 1. The first-order valence-electron chi connectivity index (χ1n) is 5.61. The fraction of sp³-hybridized carbons (Fsp3) is 0.800. The van der Waals surface area contributed by atoms with Crippen LogP contribution in [0.25, 0.3) is 0 Å². The molecular formula is C10H19N3O4. The number of imide groups is 1. The predicted molar refractivity (Wildman–Crippen MR) is 60.5 cm³/mol. The number of nitrogens with one attached hydrogen (secondary N) is 2. The lowest BCUT2D eigenvalue weighted by atomic mass is 10.2. The average molecular weight is 245 g/mol. The van der Waals surface area contributed by atoms with Gasteiger partial charge in [0.1, 0.15) is 0 Å². The molecule has 3 amide bonds. The van der Waals surface area contributed by atoms with Crippen LogP contribution in [0.2, 0.25) is 0 Å². The highest BCUT2D eigenvalue weighted by atomic mass is 16.5. The predicted octanol–water partition coefficient (Wildman–Crippen LogP) is -1.47. The summed E-state index contributed by atoms with van der Waals surface area (Å²) in [6, 6.07) is -0.563. The van der Waals surface area contributed by atoms with Gasteiger partial charge < -0.3 is 15.2 Å². The van der Waals surface area contributed by atoms with Gasteiger partial charge in [-0.05, 0) is 0 Å². The van der Waals surface area contributed by atoms with Crippen LogP contribution in [0.5, 0.6) is 0 Å². The number of hydrogen-bond donors (Lipinski definition) is 3. The Balaban J connectivity index is 2.28. The lowest BCUT2D eigenvalue weighted by Crippen LogP contribution is -2.49. The molecule has 0 spiro atoms. The van der Waals surface area contributed by atoms with Crippen molar-refractivity contribution in [2.75, 3.05) is 40.0 Å². The molecule has 0 bridgehead atoms. The van der Waals surface area contributed by atoms with Crippen molar-refractivity contribution in [3.8, 4) is 0 Å². The van der Waals surface area contributed by atoms with Crippen LogP contribution in [0.1, 0.15) is 6.42 Å². The van der Waals surface area contributed by atoms with Crippen molar-refractivity contribution in [2.24, 2.45) is 0 Å². The Morgan fingerprint density at radius 1 is 1.53 bits per heavy atom. The molecule has 0 aromatic carbocycles. The van der Waals surface area contributed by atoms with Gasteiger partial charge in [0, 0.05) is 26.6 Å². The molecule has 0 aliphatic carbocycles. The number of hydrogen-bond acceptors (Lipinski definition) is 5. The van der Waals surface area contributed by atoms with Crippen molar-refractivity contribution >= 4 is 11.9 Å². The highest BCUT2D eigenvalue weighted by Crippen LogP contribution is 2.06. The number of aliphatic hydroxyl groups excluding tert-OH is 1. The molecule has 0 aromatic rings. The zero-order valence-corrected chi connectivity index (χ0v) is 9.94.